The average Bonchev–Trinajstić information content (AvgIpc) is 3.21. The maximum absolute atomic E-state index is 12.0. The highest BCUT2D eigenvalue weighted by Crippen LogP contribution is 2.21. The molecule has 0 aliphatic carbocycles. The number of anilines is 1. The standard InChI is InChI=1S/C18H18N2OS2/c21-17(10-4-8-15-9-5-11-22-15)20-18-19-13-16(23-18)12-14-6-2-1-3-7-14/h1-3,5-7,9,11,13H,4,8,10,12H2,(H,19,20,21). The summed E-state index contributed by atoms with van der Waals surface area (Å²) in [5.41, 5.74) is 1.25. The second-order valence-corrected chi connectivity index (χ2v) is 7.42. The summed E-state index contributed by atoms with van der Waals surface area (Å²) in [6.07, 6.45) is 5.06. The predicted octanol–water partition coefficient (Wildman–Crippen LogP) is 4.76. The molecule has 118 valence electrons. The number of nitrogens with zero attached hydrogens (tertiary/aromatic N) is 1. The molecule has 0 saturated heterocycles. The van der Waals surface area contributed by atoms with E-state index in [2.05, 4.69) is 33.9 Å². The number of carbonyl (C=O) groups excluding carboxylic acids is 1. The van der Waals surface area contributed by atoms with Crippen LogP contribution in [0.4, 0.5) is 5.13 Å². The van der Waals surface area contributed by atoms with Crippen LogP contribution >= 0.6 is 22.7 Å². The number of carbonyl (C=O) groups is 1. The van der Waals surface area contributed by atoms with Crippen molar-refractivity contribution in [1.29, 1.82) is 0 Å². The lowest BCUT2D eigenvalue weighted by Crippen LogP contribution is -2.11. The molecule has 0 aliphatic heterocycles. The van der Waals surface area contributed by atoms with Crippen molar-refractivity contribution < 1.29 is 4.79 Å². The Balaban J connectivity index is 1.45. The molecule has 0 saturated carbocycles. The van der Waals surface area contributed by atoms with Gasteiger partial charge in [-0.2, -0.15) is 0 Å². The zero-order valence-corrected chi connectivity index (χ0v) is 14.3. The van der Waals surface area contributed by atoms with Gasteiger partial charge in [0.05, 0.1) is 0 Å². The molecule has 1 aromatic carbocycles. The molecule has 0 spiro atoms. The quantitative estimate of drug-likeness (QED) is 0.673. The SMILES string of the molecule is O=C(CCCc1cccs1)Nc1ncc(Cc2ccccc2)s1. The summed E-state index contributed by atoms with van der Waals surface area (Å²) < 4.78 is 0. The number of hydrogen-bond donors (Lipinski definition) is 1. The summed E-state index contributed by atoms with van der Waals surface area (Å²) in [5.74, 6) is 0.0437. The van der Waals surface area contributed by atoms with Gasteiger partial charge in [0.15, 0.2) is 5.13 Å². The molecule has 3 nitrogen and oxygen atoms in total. The van der Waals surface area contributed by atoms with Gasteiger partial charge in [0, 0.05) is 28.8 Å². The molecular weight excluding hydrogens is 324 g/mol. The van der Waals surface area contributed by atoms with E-state index in [-0.39, 0.29) is 5.91 Å². The fourth-order valence-corrected chi connectivity index (χ4v) is 3.92. The van der Waals surface area contributed by atoms with Crippen molar-refractivity contribution in [3.8, 4) is 0 Å². The molecule has 0 radical (unpaired) electrons. The first-order valence-electron chi connectivity index (χ1n) is 7.60. The Kier molecular flexibility index (Phi) is 5.56. The fourth-order valence-electron chi connectivity index (χ4n) is 2.30. The number of benzene rings is 1. The third-order valence-corrected chi connectivity index (χ3v) is 5.28. The van der Waals surface area contributed by atoms with Gasteiger partial charge in [-0.3, -0.25) is 4.79 Å². The number of thiophene rings is 1. The van der Waals surface area contributed by atoms with E-state index in [1.807, 2.05) is 30.5 Å². The van der Waals surface area contributed by atoms with Crippen LogP contribution in [0, 0.1) is 0 Å². The van der Waals surface area contributed by atoms with E-state index < -0.39 is 0 Å². The number of aromatic nitrogens is 1. The van der Waals surface area contributed by atoms with Gasteiger partial charge in [0.25, 0.3) is 0 Å². The zero-order chi connectivity index (χ0) is 15.9. The molecule has 0 aliphatic rings. The van der Waals surface area contributed by atoms with E-state index in [1.54, 1.807) is 22.7 Å². The highest BCUT2D eigenvalue weighted by molar-refractivity contribution is 7.15. The van der Waals surface area contributed by atoms with Crippen LogP contribution in [0.25, 0.3) is 0 Å². The van der Waals surface area contributed by atoms with Crippen LogP contribution in [-0.2, 0) is 17.6 Å². The van der Waals surface area contributed by atoms with Gasteiger partial charge in [-0.25, -0.2) is 4.98 Å². The first-order chi connectivity index (χ1) is 11.3. The average molecular weight is 342 g/mol. The Hall–Kier alpha value is -1.98. The molecule has 0 fully saturated rings. The maximum atomic E-state index is 12.0. The van der Waals surface area contributed by atoms with E-state index in [0.717, 1.165) is 24.1 Å². The number of rotatable bonds is 7. The van der Waals surface area contributed by atoms with Gasteiger partial charge in [-0.05, 0) is 29.9 Å². The van der Waals surface area contributed by atoms with Crippen LogP contribution < -0.4 is 5.32 Å². The van der Waals surface area contributed by atoms with Gasteiger partial charge >= 0.3 is 0 Å². The number of aryl methyl sites for hydroxylation is 1. The molecule has 23 heavy (non-hydrogen) atoms. The minimum absolute atomic E-state index is 0.0437. The van der Waals surface area contributed by atoms with Crippen LogP contribution in [0.5, 0.6) is 0 Å². The van der Waals surface area contributed by atoms with Crippen LogP contribution in [-0.4, -0.2) is 10.9 Å². The van der Waals surface area contributed by atoms with Crippen molar-refractivity contribution in [3.63, 3.8) is 0 Å². The number of nitrogens with one attached hydrogen (secondary N) is 1. The van der Waals surface area contributed by atoms with Gasteiger partial charge in [0.2, 0.25) is 5.91 Å². The van der Waals surface area contributed by atoms with Gasteiger partial charge in [-0.1, -0.05) is 36.4 Å². The fraction of sp³-hybridized carbons (Fsp3) is 0.222. The van der Waals surface area contributed by atoms with Crippen LogP contribution in [0.15, 0.2) is 54.0 Å². The molecule has 3 rings (SSSR count). The largest absolute Gasteiger partial charge is 0.302 e. The summed E-state index contributed by atoms with van der Waals surface area (Å²) in [7, 11) is 0. The Bertz CT molecular complexity index is 735. The predicted molar refractivity (Wildman–Crippen MR) is 97.2 cm³/mol. The zero-order valence-electron chi connectivity index (χ0n) is 12.7. The van der Waals surface area contributed by atoms with Crippen molar-refractivity contribution in [2.75, 3.05) is 5.32 Å². The first kappa shape index (κ1) is 15.9. The number of amides is 1. The molecule has 5 heteroatoms. The summed E-state index contributed by atoms with van der Waals surface area (Å²) in [6, 6.07) is 14.4. The highest BCUT2D eigenvalue weighted by atomic mass is 32.1. The van der Waals surface area contributed by atoms with Crippen LogP contribution in [0.2, 0.25) is 0 Å². The molecule has 1 amide bonds. The summed E-state index contributed by atoms with van der Waals surface area (Å²) in [4.78, 5) is 18.8. The van der Waals surface area contributed by atoms with Crippen LogP contribution in [0.1, 0.15) is 28.2 Å². The first-order valence-corrected chi connectivity index (χ1v) is 9.30. The number of hydrogen-bond acceptors (Lipinski definition) is 4. The molecule has 3 aromatic rings. The highest BCUT2D eigenvalue weighted by Gasteiger charge is 2.07. The van der Waals surface area contributed by atoms with Crippen molar-refractivity contribution in [2.24, 2.45) is 0 Å². The summed E-state index contributed by atoms with van der Waals surface area (Å²) in [6.45, 7) is 0. The van der Waals surface area contributed by atoms with E-state index in [1.165, 1.54) is 10.4 Å². The molecule has 2 aromatic heterocycles. The normalized spacial score (nSPS) is 10.6. The third-order valence-electron chi connectivity index (χ3n) is 3.43. The Labute approximate surface area is 144 Å². The third kappa shape index (κ3) is 5.01. The maximum Gasteiger partial charge on any atom is 0.226 e. The van der Waals surface area contributed by atoms with Crippen molar-refractivity contribution in [2.45, 2.75) is 25.7 Å². The van der Waals surface area contributed by atoms with Gasteiger partial charge in [-0.15, -0.1) is 22.7 Å². The number of thiazole rings is 1. The molecule has 2 heterocycles. The smallest absolute Gasteiger partial charge is 0.226 e. The minimum Gasteiger partial charge on any atom is -0.302 e. The minimum atomic E-state index is 0.0437. The van der Waals surface area contributed by atoms with Crippen LogP contribution in [0.3, 0.4) is 0 Å². The summed E-state index contributed by atoms with van der Waals surface area (Å²) >= 11 is 3.29. The van der Waals surface area contributed by atoms with Crippen molar-refractivity contribution >= 4 is 33.7 Å². The molecule has 0 unspecified atom stereocenters. The topological polar surface area (TPSA) is 42.0 Å². The Morgan fingerprint density at radius 2 is 1.96 bits per heavy atom. The Morgan fingerprint density at radius 3 is 2.74 bits per heavy atom. The van der Waals surface area contributed by atoms with Crippen molar-refractivity contribution in [1.82, 2.24) is 4.98 Å². The van der Waals surface area contributed by atoms with Crippen molar-refractivity contribution in [3.05, 3.63) is 69.4 Å². The van der Waals surface area contributed by atoms with E-state index in [0.29, 0.717) is 11.6 Å². The second-order valence-electron chi connectivity index (χ2n) is 5.28. The van der Waals surface area contributed by atoms with E-state index in [9.17, 15) is 4.79 Å². The molecular formula is C18H18N2OS2. The Morgan fingerprint density at radius 1 is 1.09 bits per heavy atom. The van der Waals surface area contributed by atoms with E-state index >= 15 is 0 Å². The lowest BCUT2D eigenvalue weighted by atomic mass is 10.1. The monoisotopic (exact) mass is 342 g/mol. The summed E-state index contributed by atoms with van der Waals surface area (Å²) in [5, 5.41) is 5.66. The van der Waals surface area contributed by atoms with Gasteiger partial charge in [0.1, 0.15) is 0 Å². The molecule has 0 bridgehead atoms. The molecule has 0 atom stereocenters. The second kappa shape index (κ2) is 8.04. The lowest BCUT2D eigenvalue weighted by Gasteiger charge is -2.01. The van der Waals surface area contributed by atoms with E-state index in [4.69, 9.17) is 0 Å². The lowest BCUT2D eigenvalue weighted by molar-refractivity contribution is -0.116. The van der Waals surface area contributed by atoms with Gasteiger partial charge < -0.3 is 5.32 Å². The molecule has 1 N–H and O–H groups in total.